The number of ether oxygens (including phenoxy) is 3. The zero-order valence-electron chi connectivity index (χ0n) is 26.0. The van der Waals surface area contributed by atoms with Gasteiger partial charge in [0.25, 0.3) is 0 Å². The Morgan fingerprint density at radius 1 is 1.00 bits per heavy atom. The number of aromatic nitrogens is 2. The highest BCUT2D eigenvalue weighted by Gasteiger charge is 2.28. The lowest BCUT2D eigenvalue weighted by molar-refractivity contribution is 0.0126. The van der Waals surface area contributed by atoms with E-state index in [0.29, 0.717) is 13.1 Å². The molecule has 230 valence electrons. The lowest BCUT2D eigenvalue weighted by atomic mass is 10.0. The van der Waals surface area contributed by atoms with Crippen molar-refractivity contribution in [1.82, 2.24) is 14.9 Å². The molecule has 1 amide bonds. The molecule has 0 bridgehead atoms. The Hall–Kier alpha value is -4.37. The minimum atomic E-state index is -0.502. The Morgan fingerprint density at radius 3 is 2.43 bits per heavy atom. The molecule has 1 N–H and O–H groups in total. The van der Waals surface area contributed by atoms with Gasteiger partial charge in [0.15, 0.2) is 0 Å². The molecule has 0 unspecified atom stereocenters. The van der Waals surface area contributed by atoms with Crippen molar-refractivity contribution < 1.29 is 19.0 Å². The van der Waals surface area contributed by atoms with Gasteiger partial charge in [-0.05, 0) is 73.9 Å². The zero-order chi connectivity index (χ0) is 30.7. The third-order valence-corrected chi connectivity index (χ3v) is 8.06. The van der Waals surface area contributed by atoms with Gasteiger partial charge in [-0.2, -0.15) is 0 Å². The molecule has 0 radical (unpaired) electrons. The number of carbonyl (C=O) groups excluding carboxylic acids is 1. The van der Waals surface area contributed by atoms with Crippen molar-refractivity contribution in [2.75, 3.05) is 51.3 Å². The molecule has 44 heavy (non-hydrogen) atoms. The second-order valence-corrected chi connectivity index (χ2v) is 12.4. The molecule has 4 aromatic rings. The van der Waals surface area contributed by atoms with Crippen LogP contribution in [0.15, 0.2) is 65.8 Å². The standard InChI is InChI=1S/C35H41N5O4/c1-35(2,3)44-34(41)40-15-12-28(13-16-40)43-32-10-7-25(21-26(32)23-36-4)29-11-14-37-33-30(29)22-31(38-33)24-5-8-27(9-6-24)39-17-19-42-20-18-39/h5-11,14,21-23,28H,12-13,15-20H2,1-4H3,(H,37,38)/b36-23-. The first-order chi connectivity index (χ1) is 21.3. The summed E-state index contributed by atoms with van der Waals surface area (Å²) in [6.07, 6.45) is 4.92. The predicted octanol–water partition coefficient (Wildman–Crippen LogP) is 6.56. The van der Waals surface area contributed by atoms with E-state index < -0.39 is 5.60 Å². The Morgan fingerprint density at radius 2 is 1.73 bits per heavy atom. The number of aromatic amines is 1. The topological polar surface area (TPSA) is 92.3 Å². The highest BCUT2D eigenvalue weighted by molar-refractivity contribution is 5.97. The molecule has 2 saturated heterocycles. The maximum Gasteiger partial charge on any atom is 0.410 e. The van der Waals surface area contributed by atoms with Crippen LogP contribution in [0.3, 0.4) is 0 Å². The summed E-state index contributed by atoms with van der Waals surface area (Å²) in [6, 6.07) is 19.1. The number of fused-ring (bicyclic) bond motifs is 1. The van der Waals surface area contributed by atoms with E-state index in [2.05, 4.69) is 68.4 Å². The van der Waals surface area contributed by atoms with Crippen LogP contribution < -0.4 is 9.64 Å². The van der Waals surface area contributed by atoms with Gasteiger partial charge in [0.2, 0.25) is 0 Å². The van der Waals surface area contributed by atoms with Crippen LogP contribution in [-0.4, -0.2) is 85.3 Å². The molecule has 9 heteroatoms. The number of morpholine rings is 1. The quantitative estimate of drug-likeness (QED) is 0.254. The first-order valence-corrected chi connectivity index (χ1v) is 15.4. The Bertz CT molecular complexity index is 1630. The minimum Gasteiger partial charge on any atom is -0.490 e. The number of carbonyl (C=O) groups is 1. The molecular formula is C35H41N5O4. The van der Waals surface area contributed by atoms with Gasteiger partial charge in [0.05, 0.1) is 13.2 Å². The van der Waals surface area contributed by atoms with Crippen molar-refractivity contribution in [3.8, 4) is 28.1 Å². The van der Waals surface area contributed by atoms with Crippen LogP contribution in [-0.2, 0) is 9.47 Å². The van der Waals surface area contributed by atoms with Crippen molar-refractivity contribution in [2.45, 2.75) is 45.3 Å². The summed E-state index contributed by atoms with van der Waals surface area (Å²) in [7, 11) is 1.77. The van der Waals surface area contributed by atoms with E-state index in [-0.39, 0.29) is 12.2 Å². The molecule has 2 aromatic carbocycles. The van der Waals surface area contributed by atoms with E-state index >= 15 is 0 Å². The van der Waals surface area contributed by atoms with E-state index in [0.717, 1.165) is 83.9 Å². The van der Waals surface area contributed by atoms with Gasteiger partial charge in [-0.25, -0.2) is 9.78 Å². The average molecular weight is 596 g/mol. The first kappa shape index (κ1) is 29.7. The van der Waals surface area contributed by atoms with Crippen LogP contribution >= 0.6 is 0 Å². The highest BCUT2D eigenvalue weighted by atomic mass is 16.6. The summed E-state index contributed by atoms with van der Waals surface area (Å²) in [6.45, 7) is 10.3. The number of hydrogen-bond acceptors (Lipinski definition) is 7. The number of rotatable bonds is 6. The van der Waals surface area contributed by atoms with E-state index in [4.69, 9.17) is 14.2 Å². The lowest BCUT2D eigenvalue weighted by Gasteiger charge is -2.33. The lowest BCUT2D eigenvalue weighted by Crippen LogP contribution is -2.44. The minimum absolute atomic E-state index is 0.0121. The molecule has 0 spiro atoms. The van der Waals surface area contributed by atoms with E-state index in [9.17, 15) is 4.79 Å². The van der Waals surface area contributed by atoms with Gasteiger partial charge in [0, 0.05) is 80.8 Å². The summed E-state index contributed by atoms with van der Waals surface area (Å²) in [5.41, 5.74) is 6.77. The molecule has 0 atom stereocenters. The van der Waals surface area contributed by atoms with Gasteiger partial charge in [-0.1, -0.05) is 18.2 Å². The number of nitrogens with zero attached hydrogens (tertiary/aromatic N) is 4. The second-order valence-electron chi connectivity index (χ2n) is 12.4. The molecule has 0 aliphatic carbocycles. The number of likely N-dealkylation sites (tertiary alicyclic amines) is 1. The van der Waals surface area contributed by atoms with Gasteiger partial charge in [-0.15, -0.1) is 0 Å². The Balaban J connectivity index is 1.19. The number of anilines is 1. The van der Waals surface area contributed by atoms with E-state index in [1.165, 1.54) is 5.69 Å². The van der Waals surface area contributed by atoms with Crippen LogP contribution in [0.5, 0.6) is 5.75 Å². The number of benzene rings is 2. The van der Waals surface area contributed by atoms with Crippen LogP contribution in [0.25, 0.3) is 33.4 Å². The van der Waals surface area contributed by atoms with E-state index in [1.54, 1.807) is 11.9 Å². The molecule has 0 saturated carbocycles. The third-order valence-electron chi connectivity index (χ3n) is 8.06. The first-order valence-electron chi connectivity index (χ1n) is 15.4. The van der Waals surface area contributed by atoms with Gasteiger partial charge < -0.3 is 29.0 Å². The second kappa shape index (κ2) is 12.7. The molecule has 4 heterocycles. The molecule has 6 rings (SSSR count). The number of H-pyrrole nitrogens is 1. The van der Waals surface area contributed by atoms with Crippen molar-refractivity contribution in [3.63, 3.8) is 0 Å². The summed E-state index contributed by atoms with van der Waals surface area (Å²) in [5.74, 6) is 0.787. The molecule has 2 aliphatic rings. The number of hydrogen-bond donors (Lipinski definition) is 1. The van der Waals surface area contributed by atoms with Crippen LogP contribution in [0, 0.1) is 0 Å². The molecule has 2 fully saturated rings. The monoisotopic (exact) mass is 595 g/mol. The number of piperidine rings is 1. The maximum absolute atomic E-state index is 12.5. The SMILES string of the molecule is C/N=C\c1cc(-c2ccnc3[nH]c(-c4ccc(N5CCOCC5)cc4)cc23)ccc1OC1CCN(C(=O)OC(C)(C)C)CC1. The number of amides is 1. The molecule has 2 aromatic heterocycles. The van der Waals surface area contributed by atoms with Crippen molar-refractivity contribution >= 4 is 29.0 Å². The van der Waals surface area contributed by atoms with Gasteiger partial charge in [-0.3, -0.25) is 4.99 Å². The van der Waals surface area contributed by atoms with Gasteiger partial charge >= 0.3 is 6.09 Å². The fourth-order valence-electron chi connectivity index (χ4n) is 5.83. The van der Waals surface area contributed by atoms with Gasteiger partial charge in [0.1, 0.15) is 23.1 Å². The number of nitrogens with one attached hydrogen (secondary N) is 1. The smallest absolute Gasteiger partial charge is 0.410 e. The molecule has 2 aliphatic heterocycles. The normalized spacial score (nSPS) is 16.5. The Kier molecular flexibility index (Phi) is 8.57. The molecular weight excluding hydrogens is 554 g/mol. The van der Waals surface area contributed by atoms with E-state index in [1.807, 2.05) is 39.2 Å². The fraction of sp³-hybridized carbons (Fsp3) is 0.400. The van der Waals surface area contributed by atoms with Crippen LogP contribution in [0.4, 0.5) is 10.5 Å². The zero-order valence-corrected chi connectivity index (χ0v) is 26.0. The van der Waals surface area contributed by atoms with Crippen molar-refractivity contribution in [2.24, 2.45) is 4.99 Å². The number of aliphatic imine (C=N–C) groups is 1. The van der Waals surface area contributed by atoms with Crippen molar-refractivity contribution in [3.05, 3.63) is 66.4 Å². The fourth-order valence-corrected chi connectivity index (χ4v) is 5.83. The Labute approximate surface area is 258 Å². The largest absolute Gasteiger partial charge is 0.490 e. The summed E-state index contributed by atoms with van der Waals surface area (Å²) < 4.78 is 17.5. The molecule has 9 nitrogen and oxygen atoms in total. The summed E-state index contributed by atoms with van der Waals surface area (Å²) >= 11 is 0. The predicted molar refractivity (Wildman–Crippen MR) is 175 cm³/mol. The highest BCUT2D eigenvalue weighted by Crippen LogP contribution is 2.34. The van der Waals surface area contributed by atoms with Crippen LogP contribution in [0.2, 0.25) is 0 Å². The third kappa shape index (κ3) is 6.73. The summed E-state index contributed by atoms with van der Waals surface area (Å²) in [4.78, 5) is 29.0. The summed E-state index contributed by atoms with van der Waals surface area (Å²) in [5, 5.41) is 1.06. The van der Waals surface area contributed by atoms with Crippen LogP contribution in [0.1, 0.15) is 39.2 Å². The van der Waals surface area contributed by atoms with Crippen molar-refractivity contribution in [1.29, 1.82) is 0 Å². The maximum atomic E-state index is 12.5. The number of pyridine rings is 1. The average Bonchev–Trinajstić information content (AvgIpc) is 3.47.